The van der Waals surface area contributed by atoms with Crippen LogP contribution in [0.3, 0.4) is 0 Å². The van der Waals surface area contributed by atoms with E-state index in [0.717, 1.165) is 30.5 Å². The van der Waals surface area contributed by atoms with Gasteiger partial charge in [0.05, 0.1) is 12.0 Å². The molecule has 1 aliphatic carbocycles. The summed E-state index contributed by atoms with van der Waals surface area (Å²) in [5.74, 6) is 0.732. The molecule has 1 aliphatic heterocycles. The number of fused-ring (bicyclic) bond motifs is 1. The summed E-state index contributed by atoms with van der Waals surface area (Å²) in [7, 11) is -2.26. The van der Waals surface area contributed by atoms with Gasteiger partial charge >= 0.3 is 0 Å². The third-order valence-corrected chi connectivity index (χ3v) is 7.21. The molecule has 1 N–H and O–H groups in total. The van der Waals surface area contributed by atoms with Gasteiger partial charge in [0.15, 0.2) is 0 Å². The van der Waals surface area contributed by atoms with E-state index < -0.39 is 16.1 Å². The van der Waals surface area contributed by atoms with Crippen molar-refractivity contribution in [1.29, 1.82) is 0 Å². The summed E-state index contributed by atoms with van der Waals surface area (Å²) in [6.07, 6.45) is 5.24. The number of methoxy groups -OCH3 is 1. The second-order valence-corrected chi connectivity index (χ2v) is 8.83. The van der Waals surface area contributed by atoms with Gasteiger partial charge in [-0.05, 0) is 56.4 Å². The van der Waals surface area contributed by atoms with Crippen molar-refractivity contribution in [3.8, 4) is 5.75 Å². The molecule has 28 heavy (non-hydrogen) atoms. The first-order chi connectivity index (χ1) is 13.5. The molecule has 148 valence electrons. The molecule has 1 aromatic heterocycles. The van der Waals surface area contributed by atoms with Crippen LogP contribution in [0.15, 0.2) is 35.5 Å². The van der Waals surface area contributed by atoms with Crippen molar-refractivity contribution in [2.45, 2.75) is 43.0 Å². The number of carbonyl (C=O) groups is 1. The lowest BCUT2D eigenvalue weighted by atomic mass is 10.2. The molecule has 2 aromatic rings. The van der Waals surface area contributed by atoms with E-state index in [1.165, 1.54) is 29.9 Å². The number of rotatable bonds is 5. The molecular formula is C19H22N4O4S. The van der Waals surface area contributed by atoms with Crippen molar-refractivity contribution in [3.63, 3.8) is 0 Å². The second-order valence-electron chi connectivity index (χ2n) is 6.94. The Hall–Kier alpha value is -2.52. The van der Waals surface area contributed by atoms with Crippen LogP contribution in [0.4, 0.5) is 5.82 Å². The van der Waals surface area contributed by atoms with Crippen molar-refractivity contribution >= 4 is 21.7 Å². The number of nitrogens with zero attached hydrogens (tertiary/aromatic N) is 3. The number of ether oxygens (including phenoxy) is 1. The molecule has 2 aliphatic rings. The van der Waals surface area contributed by atoms with Crippen LogP contribution in [-0.4, -0.2) is 48.3 Å². The highest BCUT2D eigenvalue weighted by molar-refractivity contribution is 7.89. The minimum Gasteiger partial charge on any atom is -0.497 e. The van der Waals surface area contributed by atoms with Crippen LogP contribution in [-0.2, 0) is 27.7 Å². The molecule has 1 aromatic carbocycles. The van der Waals surface area contributed by atoms with Gasteiger partial charge < -0.3 is 10.1 Å². The molecule has 0 bridgehead atoms. The minimum absolute atomic E-state index is 0.149. The lowest BCUT2D eigenvalue weighted by molar-refractivity contribution is -0.119. The maximum absolute atomic E-state index is 13.1. The van der Waals surface area contributed by atoms with Crippen molar-refractivity contribution in [1.82, 2.24) is 14.3 Å². The van der Waals surface area contributed by atoms with Gasteiger partial charge in [-0.15, -0.1) is 0 Å². The molecule has 1 amide bonds. The predicted molar refractivity (Wildman–Crippen MR) is 103 cm³/mol. The van der Waals surface area contributed by atoms with Gasteiger partial charge in [0.2, 0.25) is 15.9 Å². The second kappa shape index (κ2) is 7.48. The summed E-state index contributed by atoms with van der Waals surface area (Å²) < 4.78 is 32.5. The number of carbonyl (C=O) groups excluding carboxylic acids is 1. The fourth-order valence-electron chi connectivity index (χ4n) is 3.84. The number of aromatic nitrogens is 2. The highest BCUT2D eigenvalue weighted by Gasteiger charge is 2.39. The van der Waals surface area contributed by atoms with Crippen molar-refractivity contribution in [2.75, 3.05) is 19.0 Å². The molecule has 1 saturated heterocycles. The van der Waals surface area contributed by atoms with Gasteiger partial charge in [-0.25, -0.2) is 18.4 Å². The fourth-order valence-corrected chi connectivity index (χ4v) is 5.50. The lowest BCUT2D eigenvalue weighted by Gasteiger charge is -2.23. The van der Waals surface area contributed by atoms with E-state index in [0.29, 0.717) is 31.0 Å². The zero-order chi connectivity index (χ0) is 19.7. The molecule has 4 rings (SSSR count). The number of amides is 1. The molecule has 1 atom stereocenters. The summed E-state index contributed by atoms with van der Waals surface area (Å²) in [6.45, 7) is 0.314. The van der Waals surface area contributed by atoms with E-state index in [2.05, 4.69) is 15.3 Å². The van der Waals surface area contributed by atoms with Crippen LogP contribution < -0.4 is 10.1 Å². The fraction of sp³-hybridized carbons (Fsp3) is 0.421. The zero-order valence-corrected chi connectivity index (χ0v) is 16.4. The molecule has 0 saturated carbocycles. The van der Waals surface area contributed by atoms with Gasteiger partial charge in [0.25, 0.3) is 0 Å². The van der Waals surface area contributed by atoms with Gasteiger partial charge in [0.1, 0.15) is 23.9 Å². The number of hydrogen-bond donors (Lipinski definition) is 1. The van der Waals surface area contributed by atoms with Crippen LogP contribution in [0.25, 0.3) is 0 Å². The Balaban J connectivity index is 1.56. The highest BCUT2D eigenvalue weighted by Crippen LogP contribution is 2.29. The third-order valence-electron chi connectivity index (χ3n) is 5.29. The maximum atomic E-state index is 13.1. The molecule has 0 radical (unpaired) electrons. The van der Waals surface area contributed by atoms with Gasteiger partial charge in [-0.3, -0.25) is 4.79 Å². The SMILES string of the molecule is COc1ccc(S(=O)(=O)N2CCCC2C(=O)Nc2ncnc3c2CCC3)cc1. The minimum atomic E-state index is -3.78. The lowest BCUT2D eigenvalue weighted by Crippen LogP contribution is -2.43. The Morgan fingerprint density at radius 1 is 1.18 bits per heavy atom. The maximum Gasteiger partial charge on any atom is 0.243 e. The summed E-state index contributed by atoms with van der Waals surface area (Å²) in [6, 6.07) is 5.45. The Morgan fingerprint density at radius 3 is 2.71 bits per heavy atom. The van der Waals surface area contributed by atoms with Crippen LogP contribution in [0.2, 0.25) is 0 Å². The van der Waals surface area contributed by atoms with Gasteiger partial charge in [-0.2, -0.15) is 4.31 Å². The molecule has 9 heteroatoms. The molecule has 1 unspecified atom stereocenters. The molecular weight excluding hydrogens is 380 g/mol. The topological polar surface area (TPSA) is 101 Å². The first-order valence-corrected chi connectivity index (χ1v) is 10.7. The predicted octanol–water partition coefficient (Wildman–Crippen LogP) is 1.77. The van der Waals surface area contributed by atoms with E-state index in [1.807, 2.05) is 0 Å². The largest absolute Gasteiger partial charge is 0.497 e. The summed E-state index contributed by atoms with van der Waals surface area (Å²) in [5, 5.41) is 2.84. The summed E-state index contributed by atoms with van der Waals surface area (Å²) in [5.41, 5.74) is 1.91. The van der Waals surface area contributed by atoms with Gasteiger partial charge in [0, 0.05) is 17.8 Å². The first-order valence-electron chi connectivity index (χ1n) is 9.30. The van der Waals surface area contributed by atoms with Crippen molar-refractivity contribution < 1.29 is 17.9 Å². The van der Waals surface area contributed by atoms with Crippen LogP contribution in [0.1, 0.15) is 30.5 Å². The quantitative estimate of drug-likeness (QED) is 0.818. The monoisotopic (exact) mass is 402 g/mol. The third kappa shape index (κ3) is 3.35. The standard InChI is InChI=1S/C19H22N4O4S/c1-27-13-7-9-14(10-8-13)28(25,26)23-11-3-6-17(23)19(24)22-18-15-4-2-5-16(15)20-12-21-18/h7-10,12,17H,2-6,11H2,1H3,(H,20,21,22,24). The van der Waals surface area contributed by atoms with Crippen LogP contribution >= 0.6 is 0 Å². The highest BCUT2D eigenvalue weighted by atomic mass is 32.2. The normalized spacial score (nSPS) is 19.4. The molecule has 2 heterocycles. The number of benzene rings is 1. The number of sulfonamides is 1. The van der Waals surface area contributed by atoms with Crippen molar-refractivity contribution in [3.05, 3.63) is 41.9 Å². The number of aryl methyl sites for hydroxylation is 1. The zero-order valence-electron chi connectivity index (χ0n) is 15.6. The Bertz CT molecular complexity index is 991. The average molecular weight is 402 g/mol. The molecule has 8 nitrogen and oxygen atoms in total. The molecule has 1 fully saturated rings. The van der Waals surface area contributed by atoms with E-state index in [-0.39, 0.29) is 10.8 Å². The van der Waals surface area contributed by atoms with Crippen molar-refractivity contribution in [2.24, 2.45) is 0 Å². The van der Waals surface area contributed by atoms with Crippen LogP contribution in [0, 0.1) is 0 Å². The summed E-state index contributed by atoms with van der Waals surface area (Å²) >= 11 is 0. The first kappa shape index (κ1) is 18.8. The van der Waals surface area contributed by atoms with E-state index >= 15 is 0 Å². The number of anilines is 1. The number of nitrogens with one attached hydrogen (secondary N) is 1. The number of hydrogen-bond acceptors (Lipinski definition) is 6. The average Bonchev–Trinajstić information content (AvgIpc) is 3.38. The Labute approximate surface area is 164 Å². The van der Waals surface area contributed by atoms with Gasteiger partial charge in [-0.1, -0.05) is 0 Å². The molecule has 0 spiro atoms. The Kier molecular flexibility index (Phi) is 5.03. The van der Waals surface area contributed by atoms with E-state index in [9.17, 15) is 13.2 Å². The summed E-state index contributed by atoms with van der Waals surface area (Å²) in [4.78, 5) is 21.5. The van der Waals surface area contributed by atoms with Crippen LogP contribution in [0.5, 0.6) is 5.75 Å². The van der Waals surface area contributed by atoms with E-state index in [1.54, 1.807) is 12.1 Å². The van der Waals surface area contributed by atoms with E-state index in [4.69, 9.17) is 4.74 Å². The smallest absolute Gasteiger partial charge is 0.243 e. The Morgan fingerprint density at radius 2 is 1.96 bits per heavy atom.